The molecule has 11 nitrogen and oxygen atoms in total. The number of para-hydroxylation sites is 3. The number of ether oxygens (including phenoxy) is 2. The smallest absolute Gasteiger partial charge is 0.0916 e. The maximum absolute atomic E-state index is 4.94. The van der Waals surface area contributed by atoms with Gasteiger partial charge in [-0.3, -0.25) is 29.4 Å². The Hall–Kier alpha value is -8.72. The van der Waals surface area contributed by atoms with Crippen molar-refractivity contribution in [2.75, 3.05) is 65.7 Å². The van der Waals surface area contributed by atoms with E-state index < -0.39 is 0 Å². The lowest BCUT2D eigenvalue weighted by Crippen LogP contribution is -2.31. The van der Waals surface area contributed by atoms with E-state index in [9.17, 15) is 0 Å². The minimum Gasteiger partial charge on any atom is -0.377 e. The van der Waals surface area contributed by atoms with Gasteiger partial charge in [-0.05, 0) is 72.4 Å². The van der Waals surface area contributed by atoms with Crippen LogP contribution < -0.4 is 0 Å². The number of hydrogen-bond donors (Lipinski definition) is 3. The Kier molecular flexibility index (Phi) is 20.9. The van der Waals surface area contributed by atoms with E-state index in [0.29, 0.717) is 0 Å². The predicted molar refractivity (Wildman–Crippen MR) is 380 cm³/mol. The number of aromatic nitrogens is 3. The quantitative estimate of drug-likeness (QED) is 0.0936. The Morgan fingerprint density at radius 1 is 0.258 bits per heavy atom. The molecule has 474 valence electrons. The van der Waals surface area contributed by atoms with Gasteiger partial charge in [-0.1, -0.05) is 237 Å². The second-order valence-electron chi connectivity index (χ2n) is 25.2. The molecule has 0 radical (unpaired) electrons. The van der Waals surface area contributed by atoms with E-state index in [1.165, 1.54) is 99.9 Å². The molecule has 0 aliphatic carbocycles. The highest BCUT2D eigenvalue weighted by Crippen LogP contribution is 2.42. The lowest BCUT2D eigenvalue weighted by molar-refractivity contribution is -0.0334. The molecule has 93 heavy (non-hydrogen) atoms. The van der Waals surface area contributed by atoms with Gasteiger partial charge in [0, 0.05) is 145 Å². The molecule has 4 fully saturated rings. The third kappa shape index (κ3) is 15.4. The average molecular weight is 1230 g/mol. The highest BCUT2D eigenvalue weighted by atomic mass is 16.6. The highest BCUT2D eigenvalue weighted by Gasteiger charge is 2.39. The lowest BCUT2D eigenvalue weighted by Gasteiger charge is -2.31. The van der Waals surface area contributed by atoms with Crippen LogP contribution in [0, 0.1) is 20.8 Å². The first kappa shape index (κ1) is 63.1. The van der Waals surface area contributed by atoms with Crippen molar-refractivity contribution in [1.29, 1.82) is 0 Å². The number of benzene rings is 9. The van der Waals surface area contributed by atoms with Gasteiger partial charge in [0.1, 0.15) is 0 Å². The molecule has 0 amide bonds. The molecular weight excluding hydrogens is 1140 g/mol. The monoisotopic (exact) mass is 1230 g/mol. The van der Waals surface area contributed by atoms with Crippen LogP contribution in [0.15, 0.2) is 255 Å². The largest absolute Gasteiger partial charge is 0.377 e. The fraction of sp³-hybridized carbons (Fsp3) is 0.268. The Balaban J connectivity index is 0.000000121. The Bertz CT molecular complexity index is 3650. The number of nitrogens with zero attached hydrogens (tertiary/aromatic N) is 6. The van der Waals surface area contributed by atoms with Crippen molar-refractivity contribution in [2.45, 2.75) is 78.5 Å². The average Bonchev–Trinajstić information content (AvgIpc) is 1.67. The van der Waals surface area contributed by atoms with Gasteiger partial charge in [0.25, 0.3) is 0 Å². The van der Waals surface area contributed by atoms with Crippen molar-refractivity contribution in [3.8, 4) is 0 Å². The molecule has 12 aromatic rings. The summed E-state index contributed by atoms with van der Waals surface area (Å²) < 4.78 is 9.89. The molecule has 4 aliphatic rings. The SMILES string of the molecule is C1COCCO1.Cc1[nH]c2ccccc2c1C1N(Cc2ccccc2)CCN1Cc1ccccc1.Cc1[nH]c2ccccc2c1C1N(Cc2ccccc2)CCN1Cc1ccccc1.Cc1[nH]c2ccccc2c1C1N(Cc2ccccc2)CCN1Cc1ccccc1. The van der Waals surface area contributed by atoms with E-state index in [1.807, 2.05) is 0 Å². The van der Waals surface area contributed by atoms with Crippen LogP contribution in [0.1, 0.15) is 85.7 Å². The van der Waals surface area contributed by atoms with Crippen LogP contribution >= 0.6 is 0 Å². The first-order chi connectivity index (χ1) is 45.9. The third-order valence-electron chi connectivity index (χ3n) is 18.8. The standard InChI is InChI=1S/3C26H27N3.C4H8O2/c3*1-20-25(23-14-8-9-15-24(23)27-20)26-28(18-21-10-4-2-5-11-21)16-17-29(26)19-22-12-6-3-7-13-22;1-2-6-4-3-5-1/h3*2-15,26-27H,16-19H2,1H3;1-4H2. The summed E-state index contributed by atoms with van der Waals surface area (Å²) in [5, 5.41) is 4.02. The number of nitrogens with one attached hydrogen (secondary N) is 3. The molecule has 3 N–H and O–H groups in total. The normalized spacial score (nSPS) is 16.5. The van der Waals surface area contributed by atoms with Gasteiger partial charge in [-0.2, -0.15) is 0 Å². The Morgan fingerprint density at radius 2 is 0.441 bits per heavy atom. The van der Waals surface area contributed by atoms with Crippen LogP contribution in [-0.2, 0) is 48.7 Å². The summed E-state index contributed by atoms with van der Waals surface area (Å²) in [5.41, 5.74) is 20.0. The maximum atomic E-state index is 4.94. The van der Waals surface area contributed by atoms with Gasteiger partial charge in [0.05, 0.1) is 44.9 Å². The van der Waals surface area contributed by atoms with Gasteiger partial charge in [-0.25, -0.2) is 0 Å². The van der Waals surface area contributed by atoms with Crippen molar-refractivity contribution < 1.29 is 9.47 Å². The minimum atomic E-state index is 0.270. The van der Waals surface area contributed by atoms with Gasteiger partial charge in [0.2, 0.25) is 0 Å². The third-order valence-corrected chi connectivity index (χ3v) is 18.8. The number of H-pyrrole nitrogens is 3. The summed E-state index contributed by atoms with van der Waals surface area (Å²) in [6, 6.07) is 91.1. The van der Waals surface area contributed by atoms with Crippen LogP contribution in [0.2, 0.25) is 0 Å². The number of fused-ring (bicyclic) bond motifs is 3. The fourth-order valence-electron chi connectivity index (χ4n) is 14.5. The lowest BCUT2D eigenvalue weighted by atomic mass is 10.1. The van der Waals surface area contributed by atoms with E-state index in [2.05, 4.69) is 320 Å². The summed E-state index contributed by atoms with van der Waals surface area (Å²) in [5.74, 6) is 0. The second-order valence-corrected chi connectivity index (χ2v) is 25.2. The van der Waals surface area contributed by atoms with E-state index in [0.717, 1.165) is 105 Å². The second kappa shape index (κ2) is 30.8. The molecule has 0 saturated carbocycles. The van der Waals surface area contributed by atoms with Gasteiger partial charge >= 0.3 is 0 Å². The molecule has 16 rings (SSSR count). The summed E-state index contributed by atoms with van der Waals surface area (Å²) in [7, 11) is 0. The molecule has 7 heterocycles. The molecule has 0 bridgehead atoms. The van der Waals surface area contributed by atoms with Crippen molar-refractivity contribution in [1.82, 2.24) is 44.4 Å². The zero-order valence-electron chi connectivity index (χ0n) is 54.3. The molecule has 4 saturated heterocycles. The molecular formula is C82H89N9O2. The van der Waals surface area contributed by atoms with E-state index in [4.69, 9.17) is 9.47 Å². The summed E-state index contributed by atoms with van der Waals surface area (Å²) in [6.45, 7) is 22.0. The molecule has 0 spiro atoms. The molecule has 0 unspecified atom stereocenters. The molecule has 4 aliphatic heterocycles. The number of rotatable bonds is 15. The van der Waals surface area contributed by atoms with Gasteiger partial charge in [-0.15, -0.1) is 0 Å². The summed E-state index contributed by atoms with van der Waals surface area (Å²) in [4.78, 5) is 26.6. The Morgan fingerprint density at radius 3 is 0.634 bits per heavy atom. The van der Waals surface area contributed by atoms with Crippen LogP contribution in [0.3, 0.4) is 0 Å². The first-order valence-corrected chi connectivity index (χ1v) is 33.4. The molecule has 0 atom stereocenters. The van der Waals surface area contributed by atoms with E-state index in [-0.39, 0.29) is 18.5 Å². The van der Waals surface area contributed by atoms with Crippen molar-refractivity contribution in [2.24, 2.45) is 0 Å². The van der Waals surface area contributed by atoms with Crippen LogP contribution in [-0.4, -0.2) is 110 Å². The van der Waals surface area contributed by atoms with Crippen LogP contribution in [0.4, 0.5) is 0 Å². The van der Waals surface area contributed by atoms with Crippen LogP contribution in [0.5, 0.6) is 0 Å². The predicted octanol–water partition coefficient (Wildman–Crippen LogP) is 16.5. The highest BCUT2D eigenvalue weighted by molar-refractivity contribution is 5.87. The summed E-state index contributed by atoms with van der Waals surface area (Å²) in [6.07, 6.45) is 0.810. The van der Waals surface area contributed by atoms with Crippen molar-refractivity contribution >= 4 is 32.7 Å². The first-order valence-electron chi connectivity index (χ1n) is 33.4. The fourth-order valence-corrected chi connectivity index (χ4v) is 14.5. The maximum Gasteiger partial charge on any atom is 0.0916 e. The minimum absolute atomic E-state index is 0.270. The summed E-state index contributed by atoms with van der Waals surface area (Å²) >= 11 is 0. The molecule has 3 aromatic heterocycles. The zero-order chi connectivity index (χ0) is 63.1. The molecule has 11 heteroatoms. The zero-order valence-corrected chi connectivity index (χ0v) is 54.3. The number of aromatic amines is 3. The van der Waals surface area contributed by atoms with Crippen molar-refractivity contribution in [3.05, 3.63) is 322 Å². The topological polar surface area (TPSA) is 85.3 Å². The van der Waals surface area contributed by atoms with E-state index in [1.54, 1.807) is 0 Å². The Labute approximate surface area is 549 Å². The van der Waals surface area contributed by atoms with Gasteiger partial charge in [0.15, 0.2) is 0 Å². The van der Waals surface area contributed by atoms with Gasteiger partial charge < -0.3 is 24.4 Å². The molecule has 9 aromatic carbocycles. The van der Waals surface area contributed by atoms with Crippen LogP contribution in [0.25, 0.3) is 32.7 Å². The number of aryl methyl sites for hydroxylation is 3. The number of hydrogen-bond acceptors (Lipinski definition) is 8. The van der Waals surface area contributed by atoms with E-state index >= 15 is 0 Å². The van der Waals surface area contributed by atoms with Crippen molar-refractivity contribution in [3.63, 3.8) is 0 Å².